The molecule has 1 spiro atoms. The summed E-state index contributed by atoms with van der Waals surface area (Å²) in [4.78, 5) is 10.3. The number of aromatic nitrogens is 1. The van der Waals surface area contributed by atoms with E-state index < -0.39 is 0 Å². The summed E-state index contributed by atoms with van der Waals surface area (Å²) in [5, 5.41) is 5.53. The van der Waals surface area contributed by atoms with Crippen LogP contribution in [-0.4, -0.2) is 55.7 Å². The van der Waals surface area contributed by atoms with Gasteiger partial charge in [-0.25, -0.2) is 0 Å². The highest BCUT2D eigenvalue weighted by Crippen LogP contribution is 2.39. The topological polar surface area (TPSA) is 52.7 Å². The number of H-pyrrole nitrogens is 1. The van der Waals surface area contributed by atoms with Crippen LogP contribution in [-0.2, 0) is 11.2 Å². The molecule has 7 heteroatoms. The largest absolute Gasteiger partial charge is 0.381 e. The summed E-state index contributed by atoms with van der Waals surface area (Å²) in [6.45, 7) is 4.85. The van der Waals surface area contributed by atoms with Crippen LogP contribution < -0.4 is 5.32 Å². The Morgan fingerprint density at radius 3 is 2.93 bits per heavy atom. The Hall–Kier alpha value is -0.990. The number of hydrogen-bond acceptors (Lipinski definition) is 2. The van der Waals surface area contributed by atoms with Gasteiger partial charge in [0.2, 0.25) is 0 Å². The Bertz CT molecular complexity index is 800. The summed E-state index contributed by atoms with van der Waals surface area (Å²) in [6, 6.07) is 5.99. The van der Waals surface area contributed by atoms with Gasteiger partial charge in [-0.15, -0.1) is 24.0 Å². The molecule has 2 N–H and O–H groups in total. The first kappa shape index (κ1) is 20.7. The summed E-state index contributed by atoms with van der Waals surface area (Å²) in [5.74, 6) is 1.02. The molecule has 2 fully saturated rings. The molecule has 148 valence electrons. The molecule has 2 aromatic rings. The lowest BCUT2D eigenvalue weighted by Gasteiger charge is -2.33. The lowest BCUT2D eigenvalue weighted by Crippen LogP contribution is -2.42. The second kappa shape index (κ2) is 9.01. The highest BCUT2D eigenvalue weighted by atomic mass is 127. The molecule has 1 aromatic carbocycles. The van der Waals surface area contributed by atoms with Crippen molar-refractivity contribution in [2.45, 2.75) is 25.7 Å². The number of aliphatic imine (C=N–C) groups is 1. The SMILES string of the molecule is CN=C(NCCc1c[nH]c2ccc(Cl)cc12)N1CCC2(CCOCC2)C1.I. The van der Waals surface area contributed by atoms with Crippen LogP contribution >= 0.6 is 35.6 Å². The Kier molecular flexibility index (Phi) is 6.92. The molecule has 0 aliphatic carbocycles. The zero-order valence-electron chi connectivity index (χ0n) is 15.8. The number of guanidine groups is 1. The second-order valence-electron chi connectivity index (χ2n) is 7.51. The quantitative estimate of drug-likeness (QED) is 0.378. The van der Waals surface area contributed by atoms with E-state index in [4.69, 9.17) is 16.3 Å². The predicted octanol–water partition coefficient (Wildman–Crippen LogP) is 4.06. The molecule has 1 aromatic heterocycles. The van der Waals surface area contributed by atoms with E-state index in [-0.39, 0.29) is 24.0 Å². The van der Waals surface area contributed by atoms with Crippen molar-refractivity contribution in [2.24, 2.45) is 10.4 Å². The fourth-order valence-corrected chi connectivity index (χ4v) is 4.50. The van der Waals surface area contributed by atoms with Crippen molar-refractivity contribution in [3.8, 4) is 0 Å². The summed E-state index contributed by atoms with van der Waals surface area (Å²) in [6.07, 6.45) is 6.62. The third kappa shape index (κ3) is 4.54. The molecule has 0 amide bonds. The molecule has 0 radical (unpaired) electrons. The smallest absolute Gasteiger partial charge is 0.193 e. The molecule has 2 saturated heterocycles. The lowest BCUT2D eigenvalue weighted by atomic mass is 9.80. The molecule has 2 aliphatic rings. The average Bonchev–Trinajstić information content (AvgIpc) is 3.24. The Labute approximate surface area is 182 Å². The van der Waals surface area contributed by atoms with Crippen LogP contribution in [0.25, 0.3) is 10.9 Å². The minimum absolute atomic E-state index is 0. The lowest BCUT2D eigenvalue weighted by molar-refractivity contribution is 0.0218. The van der Waals surface area contributed by atoms with Gasteiger partial charge < -0.3 is 19.9 Å². The van der Waals surface area contributed by atoms with Gasteiger partial charge in [0.1, 0.15) is 0 Å². The van der Waals surface area contributed by atoms with E-state index in [1.54, 1.807) is 0 Å². The first-order valence-corrected chi connectivity index (χ1v) is 9.86. The van der Waals surface area contributed by atoms with E-state index in [1.165, 1.54) is 30.2 Å². The van der Waals surface area contributed by atoms with Gasteiger partial charge in [-0.1, -0.05) is 11.6 Å². The predicted molar refractivity (Wildman–Crippen MR) is 122 cm³/mol. The molecule has 0 saturated carbocycles. The summed E-state index contributed by atoms with van der Waals surface area (Å²) >= 11 is 6.15. The second-order valence-corrected chi connectivity index (χ2v) is 7.95. The maximum absolute atomic E-state index is 6.15. The van der Waals surface area contributed by atoms with E-state index in [0.717, 1.165) is 55.8 Å². The zero-order chi connectivity index (χ0) is 18.0. The van der Waals surface area contributed by atoms with Crippen molar-refractivity contribution in [1.82, 2.24) is 15.2 Å². The minimum atomic E-state index is 0. The van der Waals surface area contributed by atoms with Crippen molar-refractivity contribution < 1.29 is 4.74 Å². The number of fused-ring (bicyclic) bond motifs is 1. The van der Waals surface area contributed by atoms with Gasteiger partial charge in [0.15, 0.2) is 5.96 Å². The Balaban J connectivity index is 0.00000210. The third-order valence-electron chi connectivity index (χ3n) is 5.91. The molecule has 0 atom stereocenters. The summed E-state index contributed by atoms with van der Waals surface area (Å²) < 4.78 is 5.55. The normalized spacial score (nSPS) is 19.5. The maximum atomic E-state index is 6.15. The number of benzene rings is 1. The van der Waals surface area contributed by atoms with Gasteiger partial charge in [-0.05, 0) is 54.9 Å². The average molecular weight is 503 g/mol. The van der Waals surface area contributed by atoms with Gasteiger partial charge in [-0.2, -0.15) is 0 Å². The number of aromatic amines is 1. The number of rotatable bonds is 3. The molecule has 2 aliphatic heterocycles. The van der Waals surface area contributed by atoms with Crippen molar-refractivity contribution in [2.75, 3.05) is 39.9 Å². The van der Waals surface area contributed by atoms with E-state index in [9.17, 15) is 0 Å². The van der Waals surface area contributed by atoms with Crippen LogP contribution in [0.1, 0.15) is 24.8 Å². The fraction of sp³-hybridized carbons (Fsp3) is 0.550. The Morgan fingerprint density at radius 1 is 1.33 bits per heavy atom. The Morgan fingerprint density at radius 2 is 2.15 bits per heavy atom. The van der Waals surface area contributed by atoms with Gasteiger partial charge in [0.05, 0.1) is 0 Å². The van der Waals surface area contributed by atoms with Crippen molar-refractivity contribution in [3.63, 3.8) is 0 Å². The highest BCUT2D eigenvalue weighted by Gasteiger charge is 2.40. The molecule has 4 rings (SSSR count). The minimum Gasteiger partial charge on any atom is -0.381 e. The summed E-state index contributed by atoms with van der Waals surface area (Å²) in [5.41, 5.74) is 2.85. The van der Waals surface area contributed by atoms with Crippen LogP contribution in [0.3, 0.4) is 0 Å². The van der Waals surface area contributed by atoms with Gasteiger partial charge in [0.25, 0.3) is 0 Å². The standard InChI is InChI=1S/C20H27ClN4O.HI/c1-22-19(25-9-5-20(14-25)6-10-26-11-7-20)23-8-4-15-13-24-18-3-2-16(21)12-17(15)18;/h2-3,12-13,24H,4-11,14H2,1H3,(H,22,23);1H. The molecule has 27 heavy (non-hydrogen) atoms. The van der Waals surface area contributed by atoms with Gasteiger partial charge in [-0.3, -0.25) is 4.99 Å². The van der Waals surface area contributed by atoms with Crippen molar-refractivity contribution in [3.05, 3.63) is 35.0 Å². The maximum Gasteiger partial charge on any atom is 0.193 e. The van der Waals surface area contributed by atoms with E-state index >= 15 is 0 Å². The van der Waals surface area contributed by atoms with E-state index in [0.29, 0.717) is 5.41 Å². The number of hydrogen-bond donors (Lipinski definition) is 2. The first-order chi connectivity index (χ1) is 12.7. The van der Waals surface area contributed by atoms with E-state index in [2.05, 4.69) is 26.4 Å². The van der Waals surface area contributed by atoms with Crippen LogP contribution in [0.4, 0.5) is 0 Å². The van der Waals surface area contributed by atoms with Crippen molar-refractivity contribution in [1.29, 1.82) is 0 Å². The first-order valence-electron chi connectivity index (χ1n) is 9.48. The third-order valence-corrected chi connectivity index (χ3v) is 6.15. The summed E-state index contributed by atoms with van der Waals surface area (Å²) in [7, 11) is 1.88. The molecule has 0 bridgehead atoms. The molecule has 0 unspecified atom stereocenters. The fourth-order valence-electron chi connectivity index (χ4n) is 4.33. The van der Waals surface area contributed by atoms with Crippen molar-refractivity contribution >= 4 is 52.4 Å². The molecule has 3 heterocycles. The molecule has 5 nitrogen and oxygen atoms in total. The van der Waals surface area contributed by atoms with E-state index in [1.807, 2.05) is 25.2 Å². The zero-order valence-corrected chi connectivity index (χ0v) is 18.8. The molecular formula is C20H28ClIN4O. The number of likely N-dealkylation sites (tertiary alicyclic amines) is 1. The van der Waals surface area contributed by atoms with Crippen LogP contribution in [0.5, 0.6) is 0 Å². The van der Waals surface area contributed by atoms with Crippen LogP contribution in [0.15, 0.2) is 29.4 Å². The van der Waals surface area contributed by atoms with Gasteiger partial charge in [0, 0.05) is 62.0 Å². The van der Waals surface area contributed by atoms with Crippen LogP contribution in [0, 0.1) is 5.41 Å². The number of nitrogens with zero attached hydrogens (tertiary/aromatic N) is 2. The number of halogens is 2. The van der Waals surface area contributed by atoms with Gasteiger partial charge >= 0.3 is 0 Å². The number of ether oxygens (including phenoxy) is 1. The number of nitrogens with one attached hydrogen (secondary N) is 2. The molecular weight excluding hydrogens is 475 g/mol. The highest BCUT2D eigenvalue weighted by molar-refractivity contribution is 14.0. The van der Waals surface area contributed by atoms with Crippen LogP contribution in [0.2, 0.25) is 5.02 Å². The monoisotopic (exact) mass is 502 g/mol.